The molecule has 1 amide bonds. The summed E-state index contributed by atoms with van der Waals surface area (Å²) in [5.74, 6) is -3.45. The van der Waals surface area contributed by atoms with E-state index in [0.29, 0.717) is 0 Å². The number of rotatable bonds is 6. The van der Waals surface area contributed by atoms with Gasteiger partial charge in [0.05, 0.1) is 23.6 Å². The highest BCUT2D eigenvalue weighted by molar-refractivity contribution is 6.37. The Morgan fingerprint density at radius 1 is 1.24 bits per heavy atom. The first-order chi connectivity index (χ1) is 9.76. The number of halogens is 2. The fraction of sp³-hybridized carbons (Fsp3) is 0.250. The number of carbonyl (C=O) groups excluding carboxylic acids is 1. The molecule has 114 valence electrons. The van der Waals surface area contributed by atoms with Crippen LogP contribution in [0.2, 0.25) is 10.0 Å². The molecular weight excluding hydrogens is 325 g/mol. The maximum atomic E-state index is 11.9. The fourth-order valence-corrected chi connectivity index (χ4v) is 2.14. The van der Waals surface area contributed by atoms with E-state index >= 15 is 0 Å². The van der Waals surface area contributed by atoms with Crippen molar-refractivity contribution in [2.75, 3.05) is 7.11 Å². The van der Waals surface area contributed by atoms with Crippen molar-refractivity contribution in [2.24, 2.45) is 0 Å². The predicted molar refractivity (Wildman–Crippen MR) is 74.2 cm³/mol. The number of carboxylic acids is 2. The summed E-state index contributed by atoms with van der Waals surface area (Å²) in [7, 11) is 1.35. The van der Waals surface area contributed by atoms with Crippen molar-refractivity contribution in [3.63, 3.8) is 0 Å². The normalized spacial score (nSPS) is 11.6. The summed E-state index contributed by atoms with van der Waals surface area (Å²) >= 11 is 11.7. The van der Waals surface area contributed by atoms with Crippen molar-refractivity contribution < 1.29 is 29.3 Å². The van der Waals surface area contributed by atoms with Gasteiger partial charge in [0.25, 0.3) is 5.91 Å². The van der Waals surface area contributed by atoms with Crippen LogP contribution in [-0.4, -0.2) is 41.2 Å². The van der Waals surface area contributed by atoms with Crippen molar-refractivity contribution in [1.29, 1.82) is 0 Å². The number of hydrogen-bond donors (Lipinski definition) is 3. The van der Waals surface area contributed by atoms with Gasteiger partial charge in [0.2, 0.25) is 0 Å². The van der Waals surface area contributed by atoms with Crippen molar-refractivity contribution in [1.82, 2.24) is 5.32 Å². The minimum Gasteiger partial charge on any atom is -0.494 e. The average Bonchev–Trinajstić information content (AvgIpc) is 2.36. The Kier molecular flexibility index (Phi) is 5.80. The highest BCUT2D eigenvalue weighted by Crippen LogP contribution is 2.33. The van der Waals surface area contributed by atoms with E-state index in [9.17, 15) is 14.4 Å². The first kappa shape index (κ1) is 17.1. The van der Waals surface area contributed by atoms with Crippen LogP contribution in [0.5, 0.6) is 5.75 Å². The summed E-state index contributed by atoms with van der Waals surface area (Å²) < 4.78 is 4.92. The average molecular weight is 336 g/mol. The van der Waals surface area contributed by atoms with E-state index in [0.717, 1.165) is 0 Å². The van der Waals surface area contributed by atoms with Gasteiger partial charge < -0.3 is 20.3 Å². The van der Waals surface area contributed by atoms with Crippen molar-refractivity contribution in [3.8, 4) is 5.75 Å². The van der Waals surface area contributed by atoms with Crippen molar-refractivity contribution in [2.45, 2.75) is 12.5 Å². The molecule has 0 radical (unpaired) electrons. The number of nitrogens with one attached hydrogen (secondary N) is 1. The fourth-order valence-electron chi connectivity index (χ4n) is 1.50. The number of benzene rings is 1. The third-order valence-electron chi connectivity index (χ3n) is 2.45. The lowest BCUT2D eigenvalue weighted by molar-refractivity contribution is -0.145. The number of hydrogen-bond acceptors (Lipinski definition) is 4. The van der Waals surface area contributed by atoms with Gasteiger partial charge in [-0.25, -0.2) is 4.79 Å². The molecule has 0 aromatic heterocycles. The topological polar surface area (TPSA) is 113 Å². The van der Waals surface area contributed by atoms with Crippen LogP contribution in [0.25, 0.3) is 0 Å². The first-order valence-corrected chi connectivity index (χ1v) is 6.30. The van der Waals surface area contributed by atoms with E-state index in [4.69, 9.17) is 38.2 Å². The van der Waals surface area contributed by atoms with E-state index in [1.54, 1.807) is 0 Å². The molecule has 3 N–H and O–H groups in total. The molecule has 1 unspecified atom stereocenters. The Bertz CT molecular complexity index is 566. The second-order valence-electron chi connectivity index (χ2n) is 3.94. The zero-order chi connectivity index (χ0) is 16.2. The lowest BCUT2D eigenvalue weighted by Crippen LogP contribution is -2.42. The summed E-state index contributed by atoms with van der Waals surface area (Å²) in [4.78, 5) is 33.4. The van der Waals surface area contributed by atoms with Gasteiger partial charge in [-0.1, -0.05) is 23.2 Å². The smallest absolute Gasteiger partial charge is 0.326 e. The van der Waals surface area contributed by atoms with Gasteiger partial charge in [-0.15, -0.1) is 0 Å². The highest BCUT2D eigenvalue weighted by Gasteiger charge is 2.24. The maximum Gasteiger partial charge on any atom is 0.326 e. The van der Waals surface area contributed by atoms with Gasteiger partial charge in [-0.05, 0) is 12.1 Å². The lowest BCUT2D eigenvalue weighted by Gasteiger charge is -2.13. The van der Waals surface area contributed by atoms with Gasteiger partial charge in [0.15, 0.2) is 5.75 Å². The second kappa shape index (κ2) is 7.14. The number of ether oxygens (including phenoxy) is 1. The molecular formula is C12H11Cl2NO6. The summed E-state index contributed by atoms with van der Waals surface area (Å²) in [6.07, 6.45) is -0.751. The molecule has 0 aliphatic rings. The summed E-state index contributed by atoms with van der Waals surface area (Å²) in [6.45, 7) is 0. The predicted octanol–water partition coefficient (Wildman–Crippen LogP) is 1.66. The third-order valence-corrected chi connectivity index (χ3v) is 3.01. The van der Waals surface area contributed by atoms with Gasteiger partial charge >= 0.3 is 11.9 Å². The van der Waals surface area contributed by atoms with E-state index in [2.05, 4.69) is 5.32 Å². The SMILES string of the molecule is COc1c(Cl)cc(C(=O)NC(CC(=O)O)C(=O)O)cc1Cl. The van der Waals surface area contributed by atoms with Crippen LogP contribution in [0.1, 0.15) is 16.8 Å². The Labute approximate surface area is 129 Å². The Morgan fingerprint density at radius 3 is 2.14 bits per heavy atom. The first-order valence-electron chi connectivity index (χ1n) is 5.54. The number of amides is 1. The molecule has 1 rings (SSSR count). The molecule has 1 atom stereocenters. The maximum absolute atomic E-state index is 11.9. The van der Waals surface area contributed by atoms with Gasteiger partial charge in [0, 0.05) is 5.56 Å². The zero-order valence-electron chi connectivity index (χ0n) is 10.7. The molecule has 0 spiro atoms. The lowest BCUT2D eigenvalue weighted by atomic mass is 10.1. The monoisotopic (exact) mass is 335 g/mol. The van der Waals surface area contributed by atoms with Crippen LogP contribution in [0.3, 0.4) is 0 Å². The molecule has 1 aromatic rings. The quantitative estimate of drug-likeness (QED) is 0.728. The number of methoxy groups -OCH3 is 1. The Hall–Kier alpha value is -1.99. The third kappa shape index (κ3) is 4.51. The minimum absolute atomic E-state index is 0.0116. The molecule has 21 heavy (non-hydrogen) atoms. The summed E-state index contributed by atoms with van der Waals surface area (Å²) in [6, 6.07) is 0.914. The van der Waals surface area contributed by atoms with E-state index in [-0.39, 0.29) is 21.4 Å². The second-order valence-corrected chi connectivity index (χ2v) is 4.75. The number of carboxylic acid groups (broad SMARTS) is 2. The molecule has 0 bridgehead atoms. The Morgan fingerprint density at radius 2 is 1.76 bits per heavy atom. The molecule has 0 aliphatic heterocycles. The molecule has 0 heterocycles. The van der Waals surface area contributed by atoms with Crippen LogP contribution in [0.4, 0.5) is 0 Å². The summed E-state index contributed by atoms with van der Waals surface area (Å²) in [5, 5.41) is 19.7. The standard InChI is InChI=1S/C12H11Cl2NO6/c1-21-10-6(13)2-5(3-7(10)14)11(18)15-8(12(19)20)4-9(16)17/h2-3,8H,4H2,1H3,(H,15,18)(H,16,17)(H,19,20). The molecule has 7 nitrogen and oxygen atoms in total. The van der Waals surface area contributed by atoms with E-state index in [1.807, 2.05) is 0 Å². The van der Waals surface area contributed by atoms with Gasteiger partial charge in [-0.3, -0.25) is 9.59 Å². The highest BCUT2D eigenvalue weighted by atomic mass is 35.5. The zero-order valence-corrected chi connectivity index (χ0v) is 12.2. The molecule has 0 aliphatic carbocycles. The van der Waals surface area contributed by atoms with Crippen molar-refractivity contribution >= 4 is 41.0 Å². The molecule has 9 heteroatoms. The van der Waals surface area contributed by atoms with Crippen LogP contribution in [-0.2, 0) is 9.59 Å². The van der Waals surface area contributed by atoms with Crippen molar-refractivity contribution in [3.05, 3.63) is 27.7 Å². The molecule has 1 aromatic carbocycles. The van der Waals surface area contributed by atoms with Gasteiger partial charge in [0.1, 0.15) is 6.04 Å². The van der Waals surface area contributed by atoms with Crippen LogP contribution in [0, 0.1) is 0 Å². The van der Waals surface area contributed by atoms with Crippen LogP contribution in [0.15, 0.2) is 12.1 Å². The number of aliphatic carboxylic acids is 2. The summed E-state index contributed by atoms with van der Waals surface area (Å²) in [5.41, 5.74) is -0.0116. The molecule has 0 fully saturated rings. The molecule has 0 saturated heterocycles. The largest absolute Gasteiger partial charge is 0.494 e. The Balaban J connectivity index is 2.98. The van der Waals surface area contributed by atoms with Crippen LogP contribution >= 0.6 is 23.2 Å². The van der Waals surface area contributed by atoms with E-state index in [1.165, 1.54) is 19.2 Å². The van der Waals surface area contributed by atoms with Crippen LogP contribution < -0.4 is 10.1 Å². The minimum atomic E-state index is -1.56. The van der Waals surface area contributed by atoms with Gasteiger partial charge in [-0.2, -0.15) is 0 Å². The molecule has 0 saturated carbocycles. The van der Waals surface area contributed by atoms with E-state index < -0.39 is 30.3 Å². The number of carbonyl (C=O) groups is 3.